The van der Waals surface area contributed by atoms with Crippen LogP contribution in [0.1, 0.15) is 43.2 Å². The lowest BCUT2D eigenvalue weighted by molar-refractivity contribution is -0.142. The van der Waals surface area contributed by atoms with Crippen LogP contribution < -0.4 is 4.90 Å². The summed E-state index contributed by atoms with van der Waals surface area (Å²) in [6.07, 6.45) is 4.40. The maximum atomic E-state index is 13.4. The summed E-state index contributed by atoms with van der Waals surface area (Å²) in [6, 6.07) is 20.1. The summed E-state index contributed by atoms with van der Waals surface area (Å²) in [5.41, 5.74) is 3.02. The average Bonchev–Trinajstić information content (AvgIpc) is 2.88. The Balaban J connectivity index is 1.54. The second kappa shape index (κ2) is 12.6. The van der Waals surface area contributed by atoms with Crippen LogP contribution in [0.3, 0.4) is 0 Å². The highest BCUT2D eigenvalue weighted by atomic mass is 16.5. The molecule has 6 heteroatoms. The summed E-state index contributed by atoms with van der Waals surface area (Å²) in [6.45, 7) is 2.92. The van der Waals surface area contributed by atoms with Crippen LogP contribution >= 0.6 is 0 Å². The van der Waals surface area contributed by atoms with Gasteiger partial charge in [0.1, 0.15) is 0 Å². The van der Waals surface area contributed by atoms with E-state index in [0.29, 0.717) is 31.5 Å². The van der Waals surface area contributed by atoms with E-state index in [0.717, 1.165) is 44.5 Å². The van der Waals surface area contributed by atoms with Crippen molar-refractivity contribution in [3.05, 3.63) is 65.7 Å². The molecule has 1 aliphatic rings. The molecule has 1 heterocycles. The first-order valence-electron chi connectivity index (χ1n) is 11.8. The molecular weight excluding hydrogens is 414 g/mol. The summed E-state index contributed by atoms with van der Waals surface area (Å²) in [7, 11) is 1.40. The van der Waals surface area contributed by atoms with Crippen molar-refractivity contribution in [1.82, 2.24) is 4.90 Å². The molecule has 1 fully saturated rings. The maximum absolute atomic E-state index is 13.4. The van der Waals surface area contributed by atoms with Gasteiger partial charge in [-0.25, -0.2) is 0 Å². The second-order valence-electron chi connectivity index (χ2n) is 8.51. The van der Waals surface area contributed by atoms with Crippen molar-refractivity contribution >= 4 is 17.6 Å². The summed E-state index contributed by atoms with van der Waals surface area (Å²) < 4.78 is 4.75. The van der Waals surface area contributed by atoms with Crippen LogP contribution in [0, 0.1) is 17.2 Å². The minimum absolute atomic E-state index is 0.00878. The van der Waals surface area contributed by atoms with Crippen LogP contribution in [-0.2, 0) is 20.7 Å². The lowest BCUT2D eigenvalue weighted by Gasteiger charge is -2.35. The quantitative estimate of drug-likeness (QED) is 0.511. The van der Waals surface area contributed by atoms with Crippen molar-refractivity contribution in [1.29, 1.82) is 5.26 Å². The first kappa shape index (κ1) is 24.3. The van der Waals surface area contributed by atoms with Gasteiger partial charge in [-0.1, -0.05) is 30.3 Å². The van der Waals surface area contributed by atoms with E-state index in [1.165, 1.54) is 12.7 Å². The molecule has 1 saturated heterocycles. The summed E-state index contributed by atoms with van der Waals surface area (Å²) in [5.74, 6) is -0.0238. The standard InChI is InChI=1S/C27H33N3O3/c1-33-26(31)10-6-18-30(17-5-9-22-7-3-2-4-8-22)27(32)24-15-19-29(20-16-24)25-13-11-23(21-28)12-14-25/h2-4,7-8,11-14,24H,5-6,9-10,15-20H2,1H3. The van der Waals surface area contributed by atoms with Gasteiger partial charge in [0.05, 0.1) is 18.7 Å². The summed E-state index contributed by atoms with van der Waals surface area (Å²) in [5, 5.41) is 8.99. The first-order chi connectivity index (χ1) is 16.1. The Morgan fingerprint density at radius 2 is 1.70 bits per heavy atom. The Morgan fingerprint density at radius 3 is 2.33 bits per heavy atom. The molecule has 2 aromatic rings. The summed E-state index contributed by atoms with van der Waals surface area (Å²) >= 11 is 0. The van der Waals surface area contributed by atoms with E-state index in [-0.39, 0.29) is 17.8 Å². The number of benzene rings is 2. The molecule has 2 aromatic carbocycles. The number of nitrogens with zero attached hydrogens (tertiary/aromatic N) is 3. The van der Waals surface area contributed by atoms with E-state index in [9.17, 15) is 9.59 Å². The number of rotatable bonds is 10. The zero-order chi connectivity index (χ0) is 23.5. The number of amides is 1. The molecule has 0 unspecified atom stereocenters. The van der Waals surface area contributed by atoms with Gasteiger partial charge < -0.3 is 14.5 Å². The van der Waals surface area contributed by atoms with Gasteiger partial charge in [-0.2, -0.15) is 5.26 Å². The first-order valence-corrected chi connectivity index (χ1v) is 11.8. The Labute approximate surface area is 196 Å². The fraction of sp³-hybridized carbons (Fsp3) is 0.444. The van der Waals surface area contributed by atoms with Gasteiger partial charge in [0.25, 0.3) is 0 Å². The van der Waals surface area contributed by atoms with E-state index in [1.54, 1.807) is 0 Å². The van der Waals surface area contributed by atoms with Gasteiger partial charge in [-0.15, -0.1) is 0 Å². The van der Waals surface area contributed by atoms with Crippen molar-refractivity contribution in [2.24, 2.45) is 5.92 Å². The van der Waals surface area contributed by atoms with Crippen LogP contribution in [0.5, 0.6) is 0 Å². The van der Waals surface area contributed by atoms with Gasteiger partial charge in [0.15, 0.2) is 0 Å². The second-order valence-corrected chi connectivity index (χ2v) is 8.51. The fourth-order valence-electron chi connectivity index (χ4n) is 4.36. The molecule has 33 heavy (non-hydrogen) atoms. The van der Waals surface area contributed by atoms with Gasteiger partial charge in [-0.05, 0) is 61.9 Å². The predicted octanol–water partition coefficient (Wildman–Crippen LogP) is 4.19. The van der Waals surface area contributed by atoms with Crippen LogP contribution in [-0.4, -0.2) is 50.1 Å². The minimum atomic E-state index is -0.234. The fourth-order valence-corrected chi connectivity index (χ4v) is 4.36. The third-order valence-corrected chi connectivity index (χ3v) is 6.29. The number of carbonyl (C=O) groups is 2. The molecule has 1 aliphatic heterocycles. The highest BCUT2D eigenvalue weighted by Crippen LogP contribution is 2.25. The molecule has 0 saturated carbocycles. The number of nitriles is 1. The molecular formula is C27H33N3O3. The van der Waals surface area contributed by atoms with Crippen LogP contribution in [0.15, 0.2) is 54.6 Å². The number of methoxy groups -OCH3 is 1. The van der Waals surface area contributed by atoms with Crippen molar-refractivity contribution in [2.45, 2.75) is 38.5 Å². The molecule has 0 atom stereocenters. The number of carbonyl (C=O) groups excluding carboxylic acids is 2. The molecule has 0 bridgehead atoms. The Bertz CT molecular complexity index is 929. The third kappa shape index (κ3) is 7.35. The van der Waals surface area contributed by atoms with Crippen LogP contribution in [0.2, 0.25) is 0 Å². The highest BCUT2D eigenvalue weighted by molar-refractivity contribution is 5.79. The third-order valence-electron chi connectivity index (χ3n) is 6.29. The molecule has 6 nitrogen and oxygen atoms in total. The maximum Gasteiger partial charge on any atom is 0.305 e. The smallest absolute Gasteiger partial charge is 0.305 e. The number of anilines is 1. The van der Waals surface area contributed by atoms with E-state index in [2.05, 4.69) is 23.1 Å². The van der Waals surface area contributed by atoms with E-state index >= 15 is 0 Å². The number of esters is 1. The van der Waals surface area contributed by atoms with Crippen molar-refractivity contribution < 1.29 is 14.3 Å². The number of piperidine rings is 1. The SMILES string of the molecule is COC(=O)CCCN(CCCc1ccccc1)C(=O)C1CCN(c2ccc(C#N)cc2)CC1. The van der Waals surface area contributed by atoms with Gasteiger partial charge in [-0.3, -0.25) is 9.59 Å². The molecule has 174 valence electrons. The number of ether oxygens (including phenoxy) is 1. The van der Waals surface area contributed by atoms with Crippen LogP contribution in [0.25, 0.3) is 0 Å². The van der Waals surface area contributed by atoms with E-state index in [4.69, 9.17) is 10.00 Å². The lowest BCUT2D eigenvalue weighted by Crippen LogP contribution is -2.43. The summed E-state index contributed by atoms with van der Waals surface area (Å²) in [4.78, 5) is 29.1. The molecule has 0 aromatic heterocycles. The minimum Gasteiger partial charge on any atom is -0.469 e. The number of hydrogen-bond donors (Lipinski definition) is 0. The normalized spacial score (nSPS) is 13.9. The van der Waals surface area contributed by atoms with Crippen molar-refractivity contribution in [2.75, 3.05) is 38.2 Å². The Morgan fingerprint density at radius 1 is 1.03 bits per heavy atom. The van der Waals surface area contributed by atoms with Gasteiger partial charge in [0, 0.05) is 44.2 Å². The predicted molar refractivity (Wildman–Crippen MR) is 129 cm³/mol. The van der Waals surface area contributed by atoms with Crippen molar-refractivity contribution in [3.63, 3.8) is 0 Å². The Hall–Kier alpha value is -3.33. The molecule has 0 aliphatic carbocycles. The molecule has 0 N–H and O–H groups in total. The van der Waals surface area contributed by atoms with E-state index in [1.807, 2.05) is 47.4 Å². The van der Waals surface area contributed by atoms with Gasteiger partial charge in [0.2, 0.25) is 5.91 Å². The zero-order valence-electron chi connectivity index (χ0n) is 19.4. The molecule has 0 spiro atoms. The van der Waals surface area contributed by atoms with Crippen LogP contribution in [0.4, 0.5) is 5.69 Å². The largest absolute Gasteiger partial charge is 0.469 e. The van der Waals surface area contributed by atoms with Gasteiger partial charge >= 0.3 is 5.97 Å². The number of aryl methyl sites for hydroxylation is 1. The molecule has 0 radical (unpaired) electrons. The van der Waals surface area contributed by atoms with Crippen molar-refractivity contribution in [3.8, 4) is 6.07 Å². The molecule has 3 rings (SSSR count). The zero-order valence-corrected chi connectivity index (χ0v) is 19.4. The molecule has 1 amide bonds. The average molecular weight is 448 g/mol. The lowest BCUT2D eigenvalue weighted by atomic mass is 9.94. The highest BCUT2D eigenvalue weighted by Gasteiger charge is 2.28. The Kier molecular flexibility index (Phi) is 9.31. The van der Waals surface area contributed by atoms with E-state index < -0.39 is 0 Å². The number of hydrogen-bond acceptors (Lipinski definition) is 5. The topological polar surface area (TPSA) is 73.6 Å². The monoisotopic (exact) mass is 447 g/mol.